The maximum absolute atomic E-state index is 10.5. The number of rotatable bonds is 7. The van der Waals surface area contributed by atoms with Crippen molar-refractivity contribution >= 4 is 0 Å². The summed E-state index contributed by atoms with van der Waals surface area (Å²) < 4.78 is 5.35. The van der Waals surface area contributed by atoms with Crippen molar-refractivity contribution in [3.63, 3.8) is 0 Å². The van der Waals surface area contributed by atoms with E-state index in [2.05, 4.69) is 13.8 Å². The standard InChI is InChI=1S/C16H27NO2/c1-5-6-12(3)16(18)14(10-17)13-8-7-11(2)15(9-13)19-4/h7-9,12,14,16,18H,5-6,10,17H2,1-4H3. The molecule has 0 aromatic heterocycles. The lowest BCUT2D eigenvalue weighted by Crippen LogP contribution is -2.31. The van der Waals surface area contributed by atoms with Crippen molar-refractivity contribution in [3.8, 4) is 5.75 Å². The minimum atomic E-state index is -0.405. The first-order valence-corrected chi connectivity index (χ1v) is 7.07. The second kappa shape index (κ2) is 7.51. The highest BCUT2D eigenvalue weighted by Crippen LogP contribution is 2.29. The molecule has 1 rings (SSSR count). The van der Waals surface area contributed by atoms with Crippen molar-refractivity contribution in [2.75, 3.05) is 13.7 Å². The molecule has 3 heteroatoms. The van der Waals surface area contributed by atoms with Gasteiger partial charge in [-0.25, -0.2) is 0 Å². The molecule has 0 saturated carbocycles. The van der Waals surface area contributed by atoms with E-state index in [4.69, 9.17) is 10.5 Å². The van der Waals surface area contributed by atoms with Crippen molar-refractivity contribution < 1.29 is 9.84 Å². The number of aliphatic hydroxyl groups excluding tert-OH is 1. The van der Waals surface area contributed by atoms with Gasteiger partial charge in [-0.05, 0) is 36.5 Å². The van der Waals surface area contributed by atoms with Crippen LogP contribution in [-0.2, 0) is 0 Å². The molecule has 0 spiro atoms. The SMILES string of the molecule is CCCC(C)C(O)C(CN)c1ccc(C)c(OC)c1. The van der Waals surface area contributed by atoms with Gasteiger partial charge in [-0.15, -0.1) is 0 Å². The van der Waals surface area contributed by atoms with Gasteiger partial charge in [0, 0.05) is 12.5 Å². The summed E-state index contributed by atoms with van der Waals surface area (Å²) in [4.78, 5) is 0. The lowest BCUT2D eigenvalue weighted by atomic mass is 9.84. The first-order valence-electron chi connectivity index (χ1n) is 7.07. The average Bonchev–Trinajstić information content (AvgIpc) is 2.41. The fourth-order valence-corrected chi connectivity index (χ4v) is 2.56. The highest BCUT2D eigenvalue weighted by atomic mass is 16.5. The van der Waals surface area contributed by atoms with Gasteiger partial charge in [0.1, 0.15) is 5.75 Å². The van der Waals surface area contributed by atoms with Gasteiger partial charge < -0.3 is 15.6 Å². The smallest absolute Gasteiger partial charge is 0.122 e. The molecule has 0 aliphatic rings. The lowest BCUT2D eigenvalue weighted by Gasteiger charge is -2.27. The Morgan fingerprint density at radius 1 is 1.37 bits per heavy atom. The molecule has 3 unspecified atom stereocenters. The summed E-state index contributed by atoms with van der Waals surface area (Å²) in [6, 6.07) is 6.06. The molecule has 1 aromatic rings. The van der Waals surface area contributed by atoms with E-state index < -0.39 is 6.10 Å². The van der Waals surface area contributed by atoms with Gasteiger partial charge >= 0.3 is 0 Å². The minimum absolute atomic E-state index is 0.0314. The number of hydrogen-bond donors (Lipinski definition) is 2. The molecule has 1 aromatic carbocycles. The van der Waals surface area contributed by atoms with Crippen LogP contribution in [0.15, 0.2) is 18.2 Å². The fourth-order valence-electron chi connectivity index (χ4n) is 2.56. The van der Waals surface area contributed by atoms with Crippen LogP contribution in [0, 0.1) is 12.8 Å². The van der Waals surface area contributed by atoms with E-state index >= 15 is 0 Å². The van der Waals surface area contributed by atoms with Crippen LogP contribution < -0.4 is 10.5 Å². The van der Waals surface area contributed by atoms with Crippen LogP contribution >= 0.6 is 0 Å². The van der Waals surface area contributed by atoms with Gasteiger partial charge in [0.15, 0.2) is 0 Å². The van der Waals surface area contributed by atoms with E-state index in [1.54, 1.807) is 7.11 Å². The Balaban J connectivity index is 2.96. The van der Waals surface area contributed by atoms with Crippen molar-refractivity contribution in [1.29, 1.82) is 0 Å². The van der Waals surface area contributed by atoms with Gasteiger partial charge in [-0.2, -0.15) is 0 Å². The third-order valence-electron chi connectivity index (χ3n) is 3.85. The lowest BCUT2D eigenvalue weighted by molar-refractivity contribution is 0.0858. The maximum Gasteiger partial charge on any atom is 0.122 e. The number of hydrogen-bond acceptors (Lipinski definition) is 3. The topological polar surface area (TPSA) is 55.5 Å². The zero-order valence-electron chi connectivity index (χ0n) is 12.5. The first kappa shape index (κ1) is 16.0. The number of aryl methyl sites for hydroxylation is 1. The Morgan fingerprint density at radius 2 is 2.05 bits per heavy atom. The van der Waals surface area contributed by atoms with Crippen molar-refractivity contribution in [2.45, 2.75) is 45.6 Å². The van der Waals surface area contributed by atoms with Gasteiger partial charge in [0.05, 0.1) is 13.2 Å². The molecule has 108 valence electrons. The Bertz CT molecular complexity index is 392. The predicted molar refractivity (Wildman–Crippen MR) is 79.6 cm³/mol. The van der Waals surface area contributed by atoms with Crippen molar-refractivity contribution in [1.82, 2.24) is 0 Å². The highest BCUT2D eigenvalue weighted by Gasteiger charge is 2.25. The molecule has 0 bridgehead atoms. The molecule has 0 aliphatic heterocycles. The minimum Gasteiger partial charge on any atom is -0.496 e. The molecule has 0 radical (unpaired) electrons. The molecular formula is C16H27NO2. The van der Waals surface area contributed by atoms with E-state index in [9.17, 15) is 5.11 Å². The Kier molecular flexibility index (Phi) is 6.32. The van der Waals surface area contributed by atoms with E-state index in [1.807, 2.05) is 25.1 Å². The number of benzene rings is 1. The van der Waals surface area contributed by atoms with Crippen molar-refractivity contribution in [2.24, 2.45) is 11.7 Å². The summed E-state index contributed by atoms with van der Waals surface area (Å²) in [5.74, 6) is 1.08. The number of aliphatic hydroxyl groups is 1. The van der Waals surface area contributed by atoms with Gasteiger partial charge in [-0.1, -0.05) is 32.4 Å². The second-order valence-electron chi connectivity index (χ2n) is 5.33. The second-order valence-corrected chi connectivity index (χ2v) is 5.33. The Hall–Kier alpha value is -1.06. The van der Waals surface area contributed by atoms with E-state index in [0.717, 1.165) is 29.7 Å². The van der Waals surface area contributed by atoms with Gasteiger partial charge in [0.2, 0.25) is 0 Å². The summed E-state index contributed by atoms with van der Waals surface area (Å²) in [5.41, 5.74) is 8.02. The molecular weight excluding hydrogens is 238 g/mol. The fraction of sp³-hybridized carbons (Fsp3) is 0.625. The molecule has 3 N–H and O–H groups in total. The first-order chi connectivity index (χ1) is 9.04. The number of ether oxygens (including phenoxy) is 1. The third-order valence-corrected chi connectivity index (χ3v) is 3.85. The normalized spacial score (nSPS) is 15.9. The number of nitrogens with two attached hydrogens (primary N) is 1. The van der Waals surface area contributed by atoms with Crippen LogP contribution in [-0.4, -0.2) is 24.9 Å². The summed E-state index contributed by atoms with van der Waals surface area (Å²) in [6.07, 6.45) is 1.69. The quantitative estimate of drug-likeness (QED) is 0.797. The Morgan fingerprint density at radius 3 is 2.58 bits per heavy atom. The molecule has 0 aliphatic carbocycles. The van der Waals surface area contributed by atoms with Crippen LogP contribution in [0.3, 0.4) is 0 Å². The molecule has 0 fully saturated rings. The number of methoxy groups -OCH3 is 1. The van der Waals surface area contributed by atoms with Gasteiger partial charge in [0.25, 0.3) is 0 Å². The van der Waals surface area contributed by atoms with Crippen LogP contribution in [0.1, 0.15) is 43.7 Å². The zero-order valence-corrected chi connectivity index (χ0v) is 12.5. The van der Waals surface area contributed by atoms with Crippen LogP contribution in [0.5, 0.6) is 5.75 Å². The predicted octanol–water partition coefficient (Wildman–Crippen LogP) is 2.84. The monoisotopic (exact) mass is 265 g/mol. The molecule has 3 atom stereocenters. The van der Waals surface area contributed by atoms with Gasteiger partial charge in [-0.3, -0.25) is 0 Å². The Labute approximate surface area is 116 Å². The summed E-state index contributed by atoms with van der Waals surface area (Å²) in [6.45, 7) is 6.68. The van der Waals surface area contributed by atoms with Crippen molar-refractivity contribution in [3.05, 3.63) is 29.3 Å². The van der Waals surface area contributed by atoms with Crippen LogP contribution in [0.4, 0.5) is 0 Å². The summed E-state index contributed by atoms with van der Waals surface area (Å²) >= 11 is 0. The molecule has 19 heavy (non-hydrogen) atoms. The zero-order chi connectivity index (χ0) is 14.4. The molecule has 0 saturated heterocycles. The highest BCUT2D eigenvalue weighted by molar-refractivity contribution is 5.38. The van der Waals surface area contributed by atoms with E-state index in [0.29, 0.717) is 6.54 Å². The summed E-state index contributed by atoms with van der Waals surface area (Å²) in [7, 11) is 1.67. The van der Waals surface area contributed by atoms with E-state index in [-0.39, 0.29) is 11.8 Å². The molecule has 0 amide bonds. The maximum atomic E-state index is 10.5. The largest absolute Gasteiger partial charge is 0.496 e. The summed E-state index contributed by atoms with van der Waals surface area (Å²) in [5, 5.41) is 10.5. The van der Waals surface area contributed by atoms with Crippen LogP contribution in [0.2, 0.25) is 0 Å². The van der Waals surface area contributed by atoms with Crippen LogP contribution in [0.25, 0.3) is 0 Å². The molecule has 0 heterocycles. The molecule has 3 nitrogen and oxygen atoms in total. The third kappa shape index (κ3) is 3.95. The van der Waals surface area contributed by atoms with E-state index in [1.165, 1.54) is 0 Å². The average molecular weight is 265 g/mol.